The number of nitrogens with one attached hydrogen (secondary N) is 1. The Balaban J connectivity index is 4.86. The number of unbranched alkanes of at least 4 members (excludes halogenated alkanes) is 1. The van der Waals surface area contributed by atoms with Gasteiger partial charge in [-0.25, -0.2) is 0 Å². The lowest BCUT2D eigenvalue weighted by molar-refractivity contribution is 0.397. The van der Waals surface area contributed by atoms with Gasteiger partial charge < -0.3 is 5.41 Å². The maximum absolute atomic E-state index is 8.52. The van der Waals surface area contributed by atoms with Gasteiger partial charge in [0.15, 0.2) is 0 Å². The van der Waals surface area contributed by atoms with Gasteiger partial charge in [0.05, 0.1) is 0 Å². The molecule has 0 bridgehead atoms. The molecule has 1 N–H and O–H groups in total. The Kier molecular flexibility index (Phi) is 11.7. The molecule has 0 saturated heterocycles. The van der Waals surface area contributed by atoms with Gasteiger partial charge in [0.2, 0.25) is 0 Å². The van der Waals surface area contributed by atoms with Crippen molar-refractivity contribution in [3.05, 3.63) is 35.5 Å². The van der Waals surface area contributed by atoms with Gasteiger partial charge in [-0.05, 0) is 63.5 Å². The minimum atomic E-state index is 0.324. The topological polar surface area (TPSA) is 23.9 Å². The van der Waals surface area contributed by atoms with Crippen LogP contribution in [0.4, 0.5) is 0 Å². The van der Waals surface area contributed by atoms with Crippen LogP contribution in [0.5, 0.6) is 0 Å². The van der Waals surface area contributed by atoms with Crippen molar-refractivity contribution in [3.8, 4) is 0 Å². The zero-order chi connectivity index (χ0) is 17.8. The number of rotatable bonds is 12. The SMILES string of the molecule is C=C(C)C(=CC(=N)C(C)C(CC)CCC(C)=CCC)CCCC. The van der Waals surface area contributed by atoms with Crippen molar-refractivity contribution in [1.82, 2.24) is 0 Å². The van der Waals surface area contributed by atoms with Crippen LogP contribution >= 0.6 is 0 Å². The average Bonchev–Trinajstić information content (AvgIpc) is 2.51. The molecule has 0 aromatic carbocycles. The Morgan fingerprint density at radius 3 is 2.26 bits per heavy atom. The van der Waals surface area contributed by atoms with E-state index in [2.05, 4.69) is 60.3 Å². The van der Waals surface area contributed by atoms with Crippen LogP contribution in [-0.4, -0.2) is 5.71 Å². The first kappa shape index (κ1) is 21.9. The third-order valence-electron chi connectivity index (χ3n) is 4.86. The van der Waals surface area contributed by atoms with Crippen LogP contribution in [-0.2, 0) is 0 Å². The van der Waals surface area contributed by atoms with E-state index < -0.39 is 0 Å². The average molecular weight is 318 g/mol. The molecule has 1 heteroatoms. The minimum Gasteiger partial charge on any atom is -0.305 e. The fourth-order valence-electron chi connectivity index (χ4n) is 3.02. The van der Waals surface area contributed by atoms with Crippen molar-refractivity contribution in [2.75, 3.05) is 0 Å². The predicted molar refractivity (Wildman–Crippen MR) is 106 cm³/mol. The van der Waals surface area contributed by atoms with E-state index in [9.17, 15) is 0 Å². The van der Waals surface area contributed by atoms with Crippen LogP contribution in [0.15, 0.2) is 35.5 Å². The van der Waals surface area contributed by atoms with E-state index in [-0.39, 0.29) is 0 Å². The molecular weight excluding hydrogens is 278 g/mol. The second kappa shape index (κ2) is 12.3. The summed E-state index contributed by atoms with van der Waals surface area (Å²) in [5.74, 6) is 0.918. The molecule has 0 aliphatic carbocycles. The molecule has 1 nitrogen and oxygen atoms in total. The summed E-state index contributed by atoms with van der Waals surface area (Å²) < 4.78 is 0. The highest BCUT2D eigenvalue weighted by Crippen LogP contribution is 2.26. The zero-order valence-corrected chi connectivity index (χ0v) is 16.5. The third-order valence-corrected chi connectivity index (χ3v) is 4.86. The first-order valence-electron chi connectivity index (χ1n) is 9.47. The second-order valence-corrected chi connectivity index (χ2v) is 6.96. The highest BCUT2D eigenvalue weighted by molar-refractivity contribution is 5.95. The zero-order valence-electron chi connectivity index (χ0n) is 16.5. The summed E-state index contributed by atoms with van der Waals surface area (Å²) in [4.78, 5) is 0. The van der Waals surface area contributed by atoms with Gasteiger partial charge in [0.1, 0.15) is 0 Å². The van der Waals surface area contributed by atoms with Gasteiger partial charge >= 0.3 is 0 Å². The normalized spacial score (nSPS) is 15.4. The van der Waals surface area contributed by atoms with Crippen LogP contribution in [0.1, 0.15) is 86.5 Å². The molecule has 0 heterocycles. The standard InChI is InChI=1S/C22H39N/c1-8-11-13-21(17(4)5)16-22(23)19(7)20(10-3)15-14-18(6)12-9-2/h12,16,19-20,23H,4,8-11,13-15H2,1-3,5-7H3. The summed E-state index contributed by atoms with van der Waals surface area (Å²) in [6.07, 6.45) is 12.5. The van der Waals surface area contributed by atoms with Crippen molar-refractivity contribution in [1.29, 1.82) is 5.41 Å². The number of hydrogen-bond acceptors (Lipinski definition) is 1. The van der Waals surface area contributed by atoms with Gasteiger partial charge in [-0.2, -0.15) is 0 Å². The molecule has 0 aliphatic rings. The first-order valence-corrected chi connectivity index (χ1v) is 9.47. The van der Waals surface area contributed by atoms with Crippen LogP contribution < -0.4 is 0 Å². The van der Waals surface area contributed by atoms with Crippen molar-refractivity contribution in [2.24, 2.45) is 11.8 Å². The molecular formula is C22H39N. The third kappa shape index (κ3) is 8.93. The highest BCUT2D eigenvalue weighted by Gasteiger charge is 2.19. The van der Waals surface area contributed by atoms with Crippen molar-refractivity contribution in [3.63, 3.8) is 0 Å². The lowest BCUT2D eigenvalue weighted by Gasteiger charge is -2.23. The molecule has 23 heavy (non-hydrogen) atoms. The number of allylic oxidation sites excluding steroid dienone is 5. The van der Waals surface area contributed by atoms with E-state index in [4.69, 9.17) is 5.41 Å². The van der Waals surface area contributed by atoms with E-state index in [1.807, 2.05) is 0 Å². The molecule has 0 amide bonds. The van der Waals surface area contributed by atoms with Gasteiger partial charge in [0.25, 0.3) is 0 Å². The Morgan fingerprint density at radius 2 is 1.78 bits per heavy atom. The quantitative estimate of drug-likeness (QED) is 0.219. The van der Waals surface area contributed by atoms with E-state index in [0.29, 0.717) is 11.8 Å². The van der Waals surface area contributed by atoms with E-state index in [1.54, 1.807) is 0 Å². The monoisotopic (exact) mass is 317 g/mol. The van der Waals surface area contributed by atoms with Gasteiger partial charge in [-0.1, -0.05) is 64.3 Å². The van der Waals surface area contributed by atoms with Crippen molar-refractivity contribution < 1.29 is 0 Å². The van der Waals surface area contributed by atoms with Crippen molar-refractivity contribution in [2.45, 2.75) is 86.5 Å². The van der Waals surface area contributed by atoms with Gasteiger partial charge in [-0.15, -0.1) is 0 Å². The summed E-state index contributed by atoms with van der Waals surface area (Å²) >= 11 is 0. The number of hydrogen-bond donors (Lipinski definition) is 1. The molecule has 2 unspecified atom stereocenters. The molecule has 132 valence electrons. The summed E-state index contributed by atoms with van der Waals surface area (Å²) in [6, 6.07) is 0. The minimum absolute atomic E-state index is 0.324. The Hall–Kier alpha value is -1.11. The van der Waals surface area contributed by atoms with Gasteiger partial charge in [0, 0.05) is 11.6 Å². The molecule has 0 fully saturated rings. The summed E-state index contributed by atoms with van der Waals surface area (Å²) in [5, 5.41) is 8.52. The van der Waals surface area contributed by atoms with Crippen LogP contribution in [0, 0.1) is 17.2 Å². The molecule has 0 rings (SSSR count). The molecule has 0 radical (unpaired) electrons. The summed E-state index contributed by atoms with van der Waals surface area (Å²) in [5.41, 5.74) is 4.65. The van der Waals surface area contributed by atoms with E-state index in [0.717, 1.165) is 37.0 Å². The molecule has 0 saturated carbocycles. The fraction of sp³-hybridized carbons (Fsp3) is 0.682. The molecule has 2 atom stereocenters. The first-order chi connectivity index (χ1) is 10.9. The summed E-state index contributed by atoms with van der Waals surface area (Å²) in [7, 11) is 0. The maximum Gasteiger partial charge on any atom is 0.0347 e. The van der Waals surface area contributed by atoms with Crippen LogP contribution in [0.2, 0.25) is 0 Å². The van der Waals surface area contributed by atoms with Crippen molar-refractivity contribution >= 4 is 5.71 Å². The highest BCUT2D eigenvalue weighted by atomic mass is 14.4. The molecule has 0 aromatic rings. The lowest BCUT2D eigenvalue weighted by atomic mass is 9.82. The Labute approximate surface area is 145 Å². The molecule has 0 aromatic heterocycles. The smallest absolute Gasteiger partial charge is 0.0347 e. The second-order valence-electron chi connectivity index (χ2n) is 6.96. The van der Waals surface area contributed by atoms with E-state index in [1.165, 1.54) is 30.4 Å². The molecule has 0 spiro atoms. The lowest BCUT2D eigenvalue weighted by Crippen LogP contribution is -2.19. The van der Waals surface area contributed by atoms with Gasteiger partial charge in [-0.3, -0.25) is 0 Å². The Morgan fingerprint density at radius 1 is 1.13 bits per heavy atom. The summed E-state index contributed by atoms with van der Waals surface area (Å²) in [6.45, 7) is 17.3. The molecule has 0 aliphatic heterocycles. The largest absolute Gasteiger partial charge is 0.305 e. The fourth-order valence-corrected chi connectivity index (χ4v) is 3.02. The van der Waals surface area contributed by atoms with Crippen LogP contribution in [0.25, 0.3) is 0 Å². The van der Waals surface area contributed by atoms with Crippen LogP contribution in [0.3, 0.4) is 0 Å². The van der Waals surface area contributed by atoms with E-state index >= 15 is 0 Å². The maximum atomic E-state index is 8.52. The Bertz CT molecular complexity index is 425. The predicted octanol–water partition coefficient (Wildman–Crippen LogP) is 7.50.